The number of anilines is 1. The van der Waals surface area contributed by atoms with Crippen molar-refractivity contribution in [3.05, 3.63) is 70.1 Å². The van der Waals surface area contributed by atoms with Crippen molar-refractivity contribution in [3.8, 4) is 0 Å². The molecule has 140 valence electrons. The Bertz CT molecular complexity index is 961. The van der Waals surface area contributed by atoms with Crippen molar-refractivity contribution in [2.24, 2.45) is 0 Å². The molecule has 0 bridgehead atoms. The molecule has 6 nitrogen and oxygen atoms in total. The zero-order valence-corrected chi connectivity index (χ0v) is 16.2. The van der Waals surface area contributed by atoms with Crippen LogP contribution >= 0.6 is 11.3 Å². The van der Waals surface area contributed by atoms with Gasteiger partial charge in [0, 0.05) is 5.38 Å². The number of benzene rings is 1. The maximum atomic E-state index is 12.3. The first-order chi connectivity index (χ1) is 12.9. The van der Waals surface area contributed by atoms with Crippen LogP contribution in [-0.4, -0.2) is 16.8 Å². The van der Waals surface area contributed by atoms with Gasteiger partial charge >= 0.3 is 0 Å². The fourth-order valence-electron chi connectivity index (χ4n) is 2.84. The molecular weight excluding hydrogens is 362 g/mol. The van der Waals surface area contributed by atoms with Crippen LogP contribution in [-0.2, 0) is 11.2 Å². The lowest BCUT2D eigenvalue weighted by molar-refractivity contribution is -0.121. The third-order valence-electron chi connectivity index (χ3n) is 4.25. The molecule has 0 saturated carbocycles. The number of thiazole rings is 1. The Morgan fingerprint density at radius 1 is 1.22 bits per heavy atom. The largest absolute Gasteiger partial charge is 0.469 e. The molecule has 3 rings (SSSR count). The fourth-order valence-corrected chi connectivity index (χ4v) is 3.54. The highest BCUT2D eigenvalue weighted by atomic mass is 32.1. The van der Waals surface area contributed by atoms with Crippen molar-refractivity contribution in [3.63, 3.8) is 0 Å². The first kappa shape index (κ1) is 18.8. The summed E-state index contributed by atoms with van der Waals surface area (Å²) in [6.45, 7) is 5.71. The molecule has 0 fully saturated rings. The Hall–Kier alpha value is -2.93. The zero-order valence-electron chi connectivity index (χ0n) is 15.4. The van der Waals surface area contributed by atoms with Crippen LogP contribution in [0.3, 0.4) is 0 Å². The van der Waals surface area contributed by atoms with Crippen molar-refractivity contribution in [1.82, 2.24) is 10.3 Å². The highest BCUT2D eigenvalue weighted by Crippen LogP contribution is 2.20. The van der Waals surface area contributed by atoms with Crippen molar-refractivity contribution < 1.29 is 14.0 Å². The van der Waals surface area contributed by atoms with Gasteiger partial charge in [0.2, 0.25) is 5.91 Å². The number of aromatic nitrogens is 1. The molecule has 0 aliphatic rings. The van der Waals surface area contributed by atoms with Gasteiger partial charge in [-0.05, 0) is 38.0 Å². The van der Waals surface area contributed by atoms with Crippen molar-refractivity contribution in [1.29, 1.82) is 0 Å². The van der Waals surface area contributed by atoms with Gasteiger partial charge in [-0.1, -0.05) is 24.3 Å². The highest BCUT2D eigenvalue weighted by molar-refractivity contribution is 7.14. The second-order valence-corrected chi connectivity index (χ2v) is 7.17. The van der Waals surface area contributed by atoms with Gasteiger partial charge in [-0.25, -0.2) is 4.98 Å². The molecule has 0 saturated heterocycles. The topological polar surface area (TPSA) is 84.2 Å². The van der Waals surface area contributed by atoms with Gasteiger partial charge in [-0.2, -0.15) is 0 Å². The number of carbonyl (C=O) groups excluding carboxylic acids is 2. The number of amides is 2. The van der Waals surface area contributed by atoms with E-state index in [9.17, 15) is 9.59 Å². The van der Waals surface area contributed by atoms with Gasteiger partial charge < -0.3 is 9.73 Å². The smallest absolute Gasteiger partial charge is 0.260 e. The van der Waals surface area contributed by atoms with Gasteiger partial charge in [0.1, 0.15) is 5.76 Å². The summed E-state index contributed by atoms with van der Waals surface area (Å²) in [6.07, 6.45) is 1.63. The number of nitrogens with zero attached hydrogens (tertiary/aromatic N) is 1. The third kappa shape index (κ3) is 4.62. The van der Waals surface area contributed by atoms with Crippen molar-refractivity contribution in [2.45, 2.75) is 33.2 Å². The number of carbonyl (C=O) groups is 2. The quantitative estimate of drug-likeness (QED) is 0.673. The average Bonchev–Trinajstić information content (AvgIpc) is 3.23. The van der Waals surface area contributed by atoms with E-state index >= 15 is 0 Å². The number of hydrogen-bond donors (Lipinski definition) is 2. The predicted octanol–water partition coefficient (Wildman–Crippen LogP) is 4.03. The molecule has 2 N–H and O–H groups in total. The summed E-state index contributed by atoms with van der Waals surface area (Å²) in [5.41, 5.74) is 3.32. The first-order valence-corrected chi connectivity index (χ1v) is 9.46. The van der Waals surface area contributed by atoms with Gasteiger partial charge in [-0.3, -0.25) is 14.9 Å². The van der Waals surface area contributed by atoms with Crippen LogP contribution in [0.25, 0.3) is 0 Å². The minimum Gasteiger partial charge on any atom is -0.469 e. The molecule has 0 spiro atoms. The fraction of sp³-hybridized carbons (Fsp3) is 0.250. The molecule has 2 amide bonds. The van der Waals surface area contributed by atoms with Crippen LogP contribution in [0.4, 0.5) is 5.13 Å². The SMILES string of the molecule is Cc1ccccc1[C@H](C)NC(=O)Cc1csc(NC(=O)c2ccoc2C)n1. The van der Waals surface area contributed by atoms with Crippen LogP contribution < -0.4 is 10.6 Å². The number of nitrogens with one attached hydrogen (secondary N) is 2. The minimum atomic E-state index is -0.278. The molecule has 1 aromatic carbocycles. The van der Waals surface area contributed by atoms with Crippen LogP contribution in [0.5, 0.6) is 0 Å². The number of furan rings is 1. The second-order valence-electron chi connectivity index (χ2n) is 6.31. The number of hydrogen-bond acceptors (Lipinski definition) is 5. The molecule has 7 heteroatoms. The first-order valence-electron chi connectivity index (χ1n) is 8.58. The van der Waals surface area contributed by atoms with E-state index in [1.165, 1.54) is 17.6 Å². The summed E-state index contributed by atoms with van der Waals surface area (Å²) in [6, 6.07) is 9.50. The molecule has 2 aromatic heterocycles. The van der Waals surface area contributed by atoms with Crippen LogP contribution in [0.2, 0.25) is 0 Å². The van der Waals surface area contributed by atoms with Crippen molar-refractivity contribution >= 4 is 28.3 Å². The lowest BCUT2D eigenvalue weighted by Gasteiger charge is -2.16. The van der Waals surface area contributed by atoms with E-state index in [4.69, 9.17) is 4.42 Å². The molecule has 3 aromatic rings. The summed E-state index contributed by atoms with van der Waals surface area (Å²) >= 11 is 1.29. The van der Waals surface area contributed by atoms with E-state index in [1.54, 1.807) is 18.4 Å². The normalized spacial score (nSPS) is 11.8. The molecule has 1 atom stereocenters. The Morgan fingerprint density at radius 3 is 2.70 bits per heavy atom. The minimum absolute atomic E-state index is 0.0828. The molecule has 2 heterocycles. The zero-order chi connectivity index (χ0) is 19.4. The molecule has 0 unspecified atom stereocenters. The molecular formula is C20H21N3O3S. The van der Waals surface area contributed by atoms with Crippen LogP contribution in [0.1, 0.15) is 45.9 Å². The Labute approximate surface area is 161 Å². The molecule has 0 aliphatic carbocycles. The number of rotatable bonds is 6. The summed E-state index contributed by atoms with van der Waals surface area (Å²) in [5, 5.41) is 7.95. The summed E-state index contributed by atoms with van der Waals surface area (Å²) in [4.78, 5) is 28.8. The summed E-state index contributed by atoms with van der Waals surface area (Å²) in [7, 11) is 0. The van der Waals surface area contributed by atoms with E-state index < -0.39 is 0 Å². The third-order valence-corrected chi connectivity index (χ3v) is 5.06. The lowest BCUT2D eigenvalue weighted by Crippen LogP contribution is -2.28. The van der Waals surface area contributed by atoms with E-state index in [0.717, 1.165) is 11.1 Å². The molecule has 27 heavy (non-hydrogen) atoms. The van der Waals surface area contributed by atoms with E-state index in [-0.39, 0.29) is 24.3 Å². The van der Waals surface area contributed by atoms with Gasteiger partial charge in [0.25, 0.3) is 5.91 Å². The van der Waals surface area contributed by atoms with E-state index in [1.807, 2.05) is 38.1 Å². The lowest BCUT2D eigenvalue weighted by atomic mass is 10.0. The van der Waals surface area contributed by atoms with E-state index in [0.29, 0.717) is 22.1 Å². The number of aryl methyl sites for hydroxylation is 2. The van der Waals surface area contributed by atoms with Gasteiger partial charge in [0.05, 0.1) is 30.0 Å². The second kappa shape index (κ2) is 8.18. The standard InChI is InChI=1S/C20H21N3O3S/c1-12-6-4-5-7-16(12)13(2)21-18(24)10-15-11-27-20(22-15)23-19(25)17-8-9-26-14(17)3/h4-9,11,13H,10H2,1-3H3,(H,21,24)(H,22,23,25)/t13-/m0/s1. The Morgan fingerprint density at radius 2 is 2.00 bits per heavy atom. The highest BCUT2D eigenvalue weighted by Gasteiger charge is 2.16. The maximum Gasteiger partial charge on any atom is 0.260 e. The molecule has 0 aliphatic heterocycles. The Kier molecular flexibility index (Phi) is 5.71. The molecule has 0 radical (unpaired) electrons. The van der Waals surface area contributed by atoms with Crippen LogP contribution in [0.15, 0.2) is 46.4 Å². The van der Waals surface area contributed by atoms with E-state index in [2.05, 4.69) is 15.6 Å². The van der Waals surface area contributed by atoms with Crippen molar-refractivity contribution in [2.75, 3.05) is 5.32 Å². The predicted molar refractivity (Wildman–Crippen MR) is 105 cm³/mol. The summed E-state index contributed by atoms with van der Waals surface area (Å²) < 4.78 is 5.13. The average molecular weight is 383 g/mol. The van der Waals surface area contributed by atoms with Crippen LogP contribution in [0, 0.1) is 13.8 Å². The van der Waals surface area contributed by atoms with Gasteiger partial charge in [-0.15, -0.1) is 11.3 Å². The maximum absolute atomic E-state index is 12.3. The van der Waals surface area contributed by atoms with Gasteiger partial charge in [0.15, 0.2) is 5.13 Å². The Balaban J connectivity index is 1.57. The monoisotopic (exact) mass is 383 g/mol. The summed E-state index contributed by atoms with van der Waals surface area (Å²) in [5.74, 6) is 0.160.